The van der Waals surface area contributed by atoms with E-state index in [9.17, 15) is 0 Å². The largest absolute Gasteiger partial charge is 0.387 e. The van der Waals surface area contributed by atoms with Crippen LogP contribution < -0.4 is 5.73 Å². The molecule has 1 aromatic rings. The minimum Gasteiger partial charge on any atom is -0.387 e. The Bertz CT molecular complexity index is 361. The van der Waals surface area contributed by atoms with Crippen molar-refractivity contribution < 1.29 is 0 Å². The molecule has 0 amide bonds. The van der Waals surface area contributed by atoms with Gasteiger partial charge < -0.3 is 5.73 Å². The van der Waals surface area contributed by atoms with Crippen LogP contribution in [0, 0.1) is 14.9 Å². The summed E-state index contributed by atoms with van der Waals surface area (Å²) in [5, 5.41) is 7.43. The van der Waals surface area contributed by atoms with Crippen molar-refractivity contribution in [3.8, 4) is 0 Å². The number of benzene rings is 1. The molecule has 0 saturated heterocycles. The zero-order chi connectivity index (χ0) is 12.8. The lowest BCUT2D eigenvalue weighted by Gasteiger charge is -2.23. The summed E-state index contributed by atoms with van der Waals surface area (Å²) in [7, 11) is 0. The predicted molar refractivity (Wildman–Crippen MR) is 81.2 cm³/mol. The summed E-state index contributed by atoms with van der Waals surface area (Å²) >= 11 is 2.31. The van der Waals surface area contributed by atoms with Crippen molar-refractivity contribution in [3.05, 3.63) is 33.4 Å². The molecular weight excluding hydrogens is 325 g/mol. The smallest absolute Gasteiger partial charge is 0.0947 e. The van der Waals surface area contributed by atoms with E-state index in [-0.39, 0.29) is 11.8 Å². The third-order valence-corrected chi connectivity index (χ3v) is 3.55. The summed E-state index contributed by atoms with van der Waals surface area (Å²) in [5.41, 5.74) is 6.82. The molecule has 17 heavy (non-hydrogen) atoms. The Hall–Kier alpha value is -0.620. The van der Waals surface area contributed by atoms with E-state index >= 15 is 0 Å². The van der Waals surface area contributed by atoms with E-state index in [1.54, 1.807) is 0 Å². The number of amidine groups is 1. The molecule has 4 heteroatoms. The Kier molecular flexibility index (Phi) is 5.91. The SMILES string of the molecule is CCN(Cc1ccc(I)cc1)CC(C)C(=N)N. The lowest BCUT2D eigenvalue weighted by molar-refractivity contribution is 0.263. The van der Waals surface area contributed by atoms with Gasteiger partial charge in [0.15, 0.2) is 0 Å². The molecular formula is C13H20IN3. The topological polar surface area (TPSA) is 53.1 Å². The van der Waals surface area contributed by atoms with Crippen molar-refractivity contribution in [3.63, 3.8) is 0 Å². The first-order chi connectivity index (χ1) is 8.02. The van der Waals surface area contributed by atoms with Crippen molar-refractivity contribution >= 4 is 28.4 Å². The fraction of sp³-hybridized carbons (Fsp3) is 0.462. The van der Waals surface area contributed by atoms with Crippen LogP contribution in [0.3, 0.4) is 0 Å². The molecule has 0 aliphatic heterocycles. The molecule has 1 unspecified atom stereocenters. The van der Waals surface area contributed by atoms with Crippen LogP contribution in [0.25, 0.3) is 0 Å². The average molecular weight is 345 g/mol. The Labute approximate surface area is 117 Å². The number of nitrogens with two attached hydrogens (primary N) is 1. The third-order valence-electron chi connectivity index (χ3n) is 2.83. The second kappa shape index (κ2) is 6.96. The molecule has 3 nitrogen and oxygen atoms in total. The lowest BCUT2D eigenvalue weighted by Crippen LogP contribution is -2.34. The maximum Gasteiger partial charge on any atom is 0.0947 e. The van der Waals surface area contributed by atoms with Gasteiger partial charge in [-0.1, -0.05) is 26.0 Å². The zero-order valence-corrected chi connectivity index (χ0v) is 12.6. The molecule has 1 aromatic carbocycles. The highest BCUT2D eigenvalue weighted by atomic mass is 127. The normalized spacial score (nSPS) is 12.7. The first-order valence-corrected chi connectivity index (χ1v) is 6.91. The summed E-state index contributed by atoms with van der Waals surface area (Å²) in [5.74, 6) is 0.393. The van der Waals surface area contributed by atoms with E-state index in [0.29, 0.717) is 0 Å². The summed E-state index contributed by atoms with van der Waals surface area (Å²) in [6.45, 7) is 6.88. The number of hydrogen-bond donors (Lipinski definition) is 2. The molecule has 0 heterocycles. The van der Waals surface area contributed by atoms with E-state index in [4.69, 9.17) is 11.1 Å². The fourth-order valence-electron chi connectivity index (χ4n) is 1.64. The molecule has 0 saturated carbocycles. The number of nitrogens with one attached hydrogen (secondary N) is 1. The molecule has 0 aromatic heterocycles. The zero-order valence-electron chi connectivity index (χ0n) is 10.4. The molecule has 1 atom stereocenters. The highest BCUT2D eigenvalue weighted by molar-refractivity contribution is 14.1. The van der Waals surface area contributed by atoms with Gasteiger partial charge in [-0.2, -0.15) is 0 Å². The molecule has 0 aliphatic carbocycles. The quantitative estimate of drug-likeness (QED) is 0.473. The minimum atomic E-state index is 0.124. The number of nitrogens with zero attached hydrogens (tertiary/aromatic N) is 1. The van der Waals surface area contributed by atoms with Crippen molar-refractivity contribution in [1.82, 2.24) is 4.90 Å². The van der Waals surface area contributed by atoms with Crippen molar-refractivity contribution in [2.24, 2.45) is 11.7 Å². The Morgan fingerprint density at radius 3 is 2.47 bits per heavy atom. The Morgan fingerprint density at radius 1 is 1.41 bits per heavy atom. The van der Waals surface area contributed by atoms with Gasteiger partial charge in [-0.25, -0.2) is 0 Å². The molecule has 94 valence electrons. The molecule has 1 rings (SSSR count). The Balaban J connectivity index is 2.57. The van der Waals surface area contributed by atoms with E-state index in [1.807, 2.05) is 6.92 Å². The van der Waals surface area contributed by atoms with Crippen LogP contribution in [0.1, 0.15) is 19.4 Å². The van der Waals surface area contributed by atoms with E-state index < -0.39 is 0 Å². The van der Waals surface area contributed by atoms with Crippen LogP contribution in [0.4, 0.5) is 0 Å². The summed E-state index contributed by atoms with van der Waals surface area (Å²) < 4.78 is 1.26. The average Bonchev–Trinajstić information content (AvgIpc) is 2.30. The fourth-order valence-corrected chi connectivity index (χ4v) is 2.00. The maximum absolute atomic E-state index is 7.43. The first kappa shape index (κ1) is 14.4. The highest BCUT2D eigenvalue weighted by Crippen LogP contribution is 2.10. The summed E-state index contributed by atoms with van der Waals surface area (Å²) in [6.07, 6.45) is 0. The van der Waals surface area contributed by atoms with Crippen molar-refractivity contribution in [2.45, 2.75) is 20.4 Å². The van der Waals surface area contributed by atoms with Crippen LogP contribution in [-0.2, 0) is 6.54 Å². The number of halogens is 1. The van der Waals surface area contributed by atoms with Gasteiger partial charge in [0.2, 0.25) is 0 Å². The van der Waals surface area contributed by atoms with Crippen LogP contribution >= 0.6 is 22.6 Å². The molecule has 3 N–H and O–H groups in total. The van der Waals surface area contributed by atoms with E-state index in [0.717, 1.165) is 19.6 Å². The summed E-state index contributed by atoms with van der Waals surface area (Å²) in [6, 6.07) is 8.56. The van der Waals surface area contributed by atoms with Gasteiger partial charge in [-0.3, -0.25) is 10.3 Å². The maximum atomic E-state index is 7.43. The van der Waals surface area contributed by atoms with Gasteiger partial charge >= 0.3 is 0 Å². The second-order valence-electron chi connectivity index (χ2n) is 4.31. The third kappa shape index (κ3) is 5.04. The van der Waals surface area contributed by atoms with Gasteiger partial charge in [0.25, 0.3) is 0 Å². The number of rotatable bonds is 6. The molecule has 0 aliphatic rings. The summed E-state index contributed by atoms with van der Waals surface area (Å²) in [4.78, 5) is 2.31. The van der Waals surface area contributed by atoms with Gasteiger partial charge in [0, 0.05) is 22.6 Å². The van der Waals surface area contributed by atoms with Gasteiger partial charge in [-0.15, -0.1) is 0 Å². The van der Waals surface area contributed by atoms with Crippen LogP contribution in [-0.4, -0.2) is 23.8 Å². The van der Waals surface area contributed by atoms with Gasteiger partial charge in [0.05, 0.1) is 5.84 Å². The number of hydrogen-bond acceptors (Lipinski definition) is 2. The second-order valence-corrected chi connectivity index (χ2v) is 5.56. The molecule has 0 fully saturated rings. The Morgan fingerprint density at radius 2 is 2.00 bits per heavy atom. The first-order valence-electron chi connectivity index (χ1n) is 5.83. The standard InChI is InChI=1S/C13H20IN3/c1-3-17(8-10(2)13(15)16)9-11-4-6-12(14)7-5-11/h4-7,10H,3,8-9H2,1-2H3,(H3,15,16). The van der Waals surface area contributed by atoms with E-state index in [2.05, 4.69) is 58.7 Å². The lowest BCUT2D eigenvalue weighted by atomic mass is 10.1. The predicted octanol–water partition coefficient (Wildman–Crippen LogP) is 2.69. The monoisotopic (exact) mass is 345 g/mol. The van der Waals surface area contributed by atoms with Crippen LogP contribution in [0.5, 0.6) is 0 Å². The van der Waals surface area contributed by atoms with Gasteiger partial charge in [0.1, 0.15) is 0 Å². The van der Waals surface area contributed by atoms with Gasteiger partial charge in [-0.05, 0) is 46.8 Å². The van der Waals surface area contributed by atoms with Crippen LogP contribution in [0.2, 0.25) is 0 Å². The molecule has 0 radical (unpaired) electrons. The van der Waals surface area contributed by atoms with Crippen molar-refractivity contribution in [2.75, 3.05) is 13.1 Å². The molecule has 0 spiro atoms. The highest BCUT2D eigenvalue weighted by Gasteiger charge is 2.11. The molecule has 0 bridgehead atoms. The van der Waals surface area contributed by atoms with Crippen molar-refractivity contribution in [1.29, 1.82) is 5.41 Å². The van der Waals surface area contributed by atoms with E-state index in [1.165, 1.54) is 9.13 Å². The minimum absolute atomic E-state index is 0.124. The van der Waals surface area contributed by atoms with Crippen LogP contribution in [0.15, 0.2) is 24.3 Å².